The fraction of sp³-hybridized carbons (Fsp3) is 0.444. The summed E-state index contributed by atoms with van der Waals surface area (Å²) in [6, 6.07) is 1.67. The molecule has 0 spiro atoms. The van der Waals surface area contributed by atoms with Gasteiger partial charge in [0.15, 0.2) is 5.15 Å². The van der Waals surface area contributed by atoms with E-state index in [0.29, 0.717) is 17.5 Å². The zero-order chi connectivity index (χ0) is 10.6. The van der Waals surface area contributed by atoms with Gasteiger partial charge in [-0.1, -0.05) is 11.6 Å². The summed E-state index contributed by atoms with van der Waals surface area (Å²) in [5.74, 6) is -0.299. The molecule has 0 bridgehead atoms. The lowest BCUT2D eigenvalue weighted by Gasteiger charge is -2.03. The van der Waals surface area contributed by atoms with Crippen molar-refractivity contribution >= 4 is 17.6 Å². The molecule has 0 radical (unpaired) electrons. The van der Waals surface area contributed by atoms with E-state index >= 15 is 0 Å². The van der Waals surface area contributed by atoms with Gasteiger partial charge in [0, 0.05) is 0 Å². The number of carbonyl (C=O) groups excluding carboxylic acids is 1. The quantitative estimate of drug-likeness (QED) is 0.717. The highest BCUT2D eigenvalue weighted by molar-refractivity contribution is 6.29. The molecule has 0 saturated carbocycles. The first-order valence-electron chi connectivity index (χ1n) is 4.27. The van der Waals surface area contributed by atoms with Crippen LogP contribution in [0.25, 0.3) is 0 Å². The minimum absolute atomic E-state index is 0.143. The summed E-state index contributed by atoms with van der Waals surface area (Å²) in [6.45, 7) is 3.96. The van der Waals surface area contributed by atoms with E-state index in [-0.39, 0.29) is 12.4 Å². The molecule has 14 heavy (non-hydrogen) atoms. The van der Waals surface area contributed by atoms with E-state index in [1.54, 1.807) is 13.0 Å². The molecular weight excluding hydrogens is 204 g/mol. The van der Waals surface area contributed by atoms with Gasteiger partial charge in [0.1, 0.15) is 0 Å². The van der Waals surface area contributed by atoms with Crippen LogP contribution in [0.5, 0.6) is 0 Å². The average Bonchev–Trinajstić information content (AvgIpc) is 2.10. The van der Waals surface area contributed by atoms with Crippen LogP contribution in [0.4, 0.5) is 0 Å². The number of ether oxygens (including phenoxy) is 1. The lowest BCUT2D eigenvalue weighted by molar-refractivity contribution is -0.142. The second-order valence-corrected chi connectivity index (χ2v) is 3.17. The number of nitrogens with zero attached hydrogens (tertiary/aromatic N) is 2. The molecule has 1 heterocycles. The van der Waals surface area contributed by atoms with Crippen LogP contribution in [0.15, 0.2) is 6.07 Å². The zero-order valence-corrected chi connectivity index (χ0v) is 8.84. The number of hydrogen-bond acceptors (Lipinski definition) is 4. The molecule has 0 fully saturated rings. The van der Waals surface area contributed by atoms with E-state index in [1.165, 1.54) is 0 Å². The lowest BCUT2D eigenvalue weighted by Crippen LogP contribution is -2.10. The van der Waals surface area contributed by atoms with Crippen LogP contribution < -0.4 is 0 Å². The lowest BCUT2D eigenvalue weighted by atomic mass is 10.2. The first-order valence-corrected chi connectivity index (χ1v) is 4.65. The van der Waals surface area contributed by atoms with Crippen molar-refractivity contribution < 1.29 is 9.53 Å². The van der Waals surface area contributed by atoms with Crippen LogP contribution in [0.1, 0.15) is 18.2 Å². The third-order valence-corrected chi connectivity index (χ3v) is 1.86. The van der Waals surface area contributed by atoms with Gasteiger partial charge in [-0.25, -0.2) is 0 Å². The van der Waals surface area contributed by atoms with Gasteiger partial charge in [-0.15, -0.1) is 5.10 Å². The van der Waals surface area contributed by atoms with Gasteiger partial charge < -0.3 is 4.74 Å². The Kier molecular flexibility index (Phi) is 3.83. The van der Waals surface area contributed by atoms with Gasteiger partial charge in [-0.05, 0) is 25.5 Å². The Balaban J connectivity index is 2.72. The summed E-state index contributed by atoms with van der Waals surface area (Å²) in [5.41, 5.74) is 1.45. The summed E-state index contributed by atoms with van der Waals surface area (Å²) in [6.07, 6.45) is 0.143. The number of carbonyl (C=O) groups is 1. The van der Waals surface area contributed by atoms with Gasteiger partial charge in [0.2, 0.25) is 0 Å². The van der Waals surface area contributed by atoms with E-state index < -0.39 is 0 Å². The fourth-order valence-electron chi connectivity index (χ4n) is 1.00. The van der Waals surface area contributed by atoms with Gasteiger partial charge in [-0.2, -0.15) is 5.10 Å². The van der Waals surface area contributed by atoms with Gasteiger partial charge >= 0.3 is 5.97 Å². The summed E-state index contributed by atoms with van der Waals surface area (Å²) in [7, 11) is 0. The highest BCUT2D eigenvalue weighted by Crippen LogP contribution is 2.09. The first kappa shape index (κ1) is 10.9. The Morgan fingerprint density at radius 3 is 2.86 bits per heavy atom. The second-order valence-electron chi connectivity index (χ2n) is 2.78. The van der Waals surface area contributed by atoms with E-state index in [2.05, 4.69) is 10.2 Å². The predicted octanol–water partition coefficient (Wildman–Crippen LogP) is 1.54. The second kappa shape index (κ2) is 4.91. The molecule has 5 heteroatoms. The summed E-state index contributed by atoms with van der Waals surface area (Å²) >= 11 is 5.62. The number of halogens is 1. The maximum absolute atomic E-state index is 11.1. The minimum atomic E-state index is -0.299. The molecule has 0 amide bonds. The monoisotopic (exact) mass is 214 g/mol. The highest BCUT2D eigenvalue weighted by Gasteiger charge is 2.08. The molecule has 0 aliphatic carbocycles. The van der Waals surface area contributed by atoms with Crippen molar-refractivity contribution in [2.45, 2.75) is 20.3 Å². The Hall–Kier alpha value is -1.16. The zero-order valence-electron chi connectivity index (χ0n) is 8.08. The van der Waals surface area contributed by atoms with Crippen molar-refractivity contribution in [3.05, 3.63) is 22.5 Å². The van der Waals surface area contributed by atoms with Crippen molar-refractivity contribution in [2.75, 3.05) is 6.61 Å². The molecule has 0 saturated heterocycles. The SMILES string of the molecule is CCOC(=O)Cc1nnc(Cl)cc1C. The van der Waals surface area contributed by atoms with E-state index in [1.807, 2.05) is 6.92 Å². The molecule has 0 aromatic carbocycles. The van der Waals surface area contributed by atoms with Crippen LogP contribution in [-0.2, 0) is 16.0 Å². The minimum Gasteiger partial charge on any atom is -0.466 e. The number of esters is 1. The van der Waals surface area contributed by atoms with Crippen molar-refractivity contribution in [2.24, 2.45) is 0 Å². The maximum Gasteiger partial charge on any atom is 0.311 e. The molecule has 1 aromatic rings. The Morgan fingerprint density at radius 2 is 2.29 bits per heavy atom. The van der Waals surface area contributed by atoms with Crippen molar-refractivity contribution in [3.63, 3.8) is 0 Å². The topological polar surface area (TPSA) is 52.1 Å². The van der Waals surface area contributed by atoms with Gasteiger partial charge in [0.05, 0.1) is 18.7 Å². The van der Waals surface area contributed by atoms with Crippen LogP contribution in [0.2, 0.25) is 5.15 Å². The maximum atomic E-state index is 11.1. The number of rotatable bonds is 3. The smallest absolute Gasteiger partial charge is 0.311 e. The molecule has 4 nitrogen and oxygen atoms in total. The first-order chi connectivity index (χ1) is 6.63. The third kappa shape index (κ3) is 2.96. The molecule has 76 valence electrons. The Labute approximate surface area is 87.2 Å². The van der Waals surface area contributed by atoms with E-state index in [0.717, 1.165) is 5.56 Å². The molecule has 1 aromatic heterocycles. The fourth-order valence-corrected chi connectivity index (χ4v) is 1.20. The normalized spacial score (nSPS) is 9.93. The van der Waals surface area contributed by atoms with Crippen LogP contribution in [-0.4, -0.2) is 22.8 Å². The standard InChI is InChI=1S/C9H11ClN2O2/c1-3-14-9(13)5-7-6(2)4-8(10)12-11-7/h4H,3,5H2,1-2H3. The van der Waals surface area contributed by atoms with Crippen LogP contribution >= 0.6 is 11.6 Å². The van der Waals surface area contributed by atoms with Gasteiger partial charge in [-0.3, -0.25) is 4.79 Å². The van der Waals surface area contributed by atoms with Gasteiger partial charge in [0.25, 0.3) is 0 Å². The molecule has 0 atom stereocenters. The molecular formula is C9H11ClN2O2. The molecule has 1 rings (SSSR count). The summed E-state index contributed by atoms with van der Waals surface area (Å²) in [5, 5.41) is 7.81. The van der Waals surface area contributed by atoms with Crippen molar-refractivity contribution in [1.29, 1.82) is 0 Å². The van der Waals surface area contributed by atoms with Crippen molar-refractivity contribution in [3.8, 4) is 0 Å². The van der Waals surface area contributed by atoms with E-state index in [4.69, 9.17) is 16.3 Å². The molecule has 0 aliphatic rings. The largest absolute Gasteiger partial charge is 0.466 e. The Bertz CT molecular complexity index is 342. The summed E-state index contributed by atoms with van der Waals surface area (Å²) < 4.78 is 4.79. The number of aryl methyl sites for hydroxylation is 1. The average molecular weight is 215 g/mol. The predicted molar refractivity (Wildman–Crippen MR) is 52.1 cm³/mol. The van der Waals surface area contributed by atoms with Crippen molar-refractivity contribution in [1.82, 2.24) is 10.2 Å². The van der Waals surface area contributed by atoms with Crippen LogP contribution in [0.3, 0.4) is 0 Å². The highest BCUT2D eigenvalue weighted by atomic mass is 35.5. The van der Waals surface area contributed by atoms with E-state index in [9.17, 15) is 4.79 Å². The Morgan fingerprint density at radius 1 is 1.57 bits per heavy atom. The molecule has 0 aliphatic heterocycles. The molecule has 0 unspecified atom stereocenters. The number of aromatic nitrogens is 2. The number of hydrogen-bond donors (Lipinski definition) is 0. The third-order valence-electron chi connectivity index (χ3n) is 1.67. The summed E-state index contributed by atoms with van der Waals surface area (Å²) in [4.78, 5) is 11.1. The van der Waals surface area contributed by atoms with Crippen LogP contribution in [0, 0.1) is 6.92 Å². The molecule has 0 N–H and O–H groups in total.